The number of rotatable bonds is 44. The molecule has 0 rings (SSSR count). The van der Waals surface area contributed by atoms with Gasteiger partial charge < -0.3 is 18.9 Å². The normalized spacial score (nSPS) is 13.7. The maximum atomic E-state index is 12.7. The van der Waals surface area contributed by atoms with Crippen molar-refractivity contribution in [2.24, 2.45) is 0 Å². The van der Waals surface area contributed by atoms with Crippen LogP contribution in [0.15, 0.2) is 24.3 Å². The molecule has 2 atom stereocenters. The van der Waals surface area contributed by atoms with E-state index < -0.39 is 26.5 Å². The predicted octanol–water partition coefficient (Wildman–Crippen LogP) is 13.9. The Labute approximate surface area is 358 Å². The maximum Gasteiger partial charge on any atom is 0.472 e. The second-order valence-electron chi connectivity index (χ2n) is 17.5. The molecule has 0 aromatic rings. The number of phosphoric acid groups is 1. The van der Waals surface area contributed by atoms with E-state index in [1.54, 1.807) is 0 Å². The number of likely N-dealkylation sites (N-methyl/N-ethyl adjacent to an activating group) is 1. The zero-order valence-electron chi connectivity index (χ0n) is 38.5. The van der Waals surface area contributed by atoms with Crippen molar-refractivity contribution in [2.75, 3.05) is 47.5 Å². The number of quaternary nitrogens is 1. The third kappa shape index (κ3) is 44.1. The van der Waals surface area contributed by atoms with Gasteiger partial charge in [-0.25, -0.2) is 4.57 Å². The van der Waals surface area contributed by atoms with Crippen molar-refractivity contribution in [3.8, 4) is 0 Å². The van der Waals surface area contributed by atoms with E-state index in [0.717, 1.165) is 44.9 Å². The van der Waals surface area contributed by atoms with Crippen LogP contribution in [0.5, 0.6) is 0 Å². The summed E-state index contributed by atoms with van der Waals surface area (Å²) >= 11 is 0. The van der Waals surface area contributed by atoms with Gasteiger partial charge in [0.25, 0.3) is 0 Å². The van der Waals surface area contributed by atoms with Crippen molar-refractivity contribution >= 4 is 19.8 Å². The van der Waals surface area contributed by atoms with Crippen LogP contribution in [0.25, 0.3) is 0 Å². The Morgan fingerprint density at radius 1 is 0.534 bits per heavy atom. The van der Waals surface area contributed by atoms with Gasteiger partial charge in [0.15, 0.2) is 6.10 Å². The molecule has 0 aliphatic heterocycles. The molecular weight excluding hydrogens is 750 g/mol. The summed E-state index contributed by atoms with van der Waals surface area (Å²) in [5.74, 6) is -0.793. The zero-order valence-corrected chi connectivity index (χ0v) is 39.4. The number of unbranched alkanes of at least 4 members (excludes halogenated alkanes) is 26. The summed E-state index contributed by atoms with van der Waals surface area (Å²) in [6.45, 7) is 4.42. The molecule has 0 bridgehead atoms. The van der Waals surface area contributed by atoms with Crippen LogP contribution in [0.2, 0.25) is 0 Å². The Balaban J connectivity index is 4.28. The highest BCUT2D eigenvalue weighted by Gasteiger charge is 2.27. The van der Waals surface area contributed by atoms with Crippen molar-refractivity contribution < 1.29 is 42.1 Å². The molecule has 1 N–H and O–H groups in total. The van der Waals surface area contributed by atoms with Gasteiger partial charge in [0.1, 0.15) is 19.8 Å². The van der Waals surface area contributed by atoms with Crippen LogP contribution < -0.4 is 0 Å². The van der Waals surface area contributed by atoms with Crippen LogP contribution in [-0.2, 0) is 32.7 Å². The van der Waals surface area contributed by atoms with E-state index in [4.69, 9.17) is 18.5 Å². The van der Waals surface area contributed by atoms with Gasteiger partial charge in [-0.1, -0.05) is 186 Å². The van der Waals surface area contributed by atoms with E-state index in [-0.39, 0.29) is 25.6 Å². The number of phosphoric ester groups is 1. The largest absolute Gasteiger partial charge is 0.472 e. The molecule has 0 saturated carbocycles. The summed E-state index contributed by atoms with van der Waals surface area (Å²) in [5, 5.41) is 0. The van der Waals surface area contributed by atoms with Gasteiger partial charge in [-0.3, -0.25) is 18.6 Å². The topological polar surface area (TPSA) is 108 Å². The molecule has 58 heavy (non-hydrogen) atoms. The third-order valence-corrected chi connectivity index (χ3v) is 11.5. The standard InChI is InChI=1S/C48H92NO8P/c1-6-8-10-12-14-16-18-20-22-23-24-25-27-29-31-33-35-37-39-41-48(51)57-46(45-56-58(52,53)55-43-42-49(3,4)5)44-54-47(50)40-38-36-34-32-30-28-26-21-19-17-15-13-11-9-7-2/h14,16,20,22,46H,6-13,15,17-19,21,23-45H2,1-5H3/p+1/b16-14-,22-20-/t46-/m1/s1. The fourth-order valence-electron chi connectivity index (χ4n) is 6.69. The van der Waals surface area contributed by atoms with E-state index >= 15 is 0 Å². The van der Waals surface area contributed by atoms with Crippen LogP contribution in [0.3, 0.4) is 0 Å². The number of carbonyl (C=O) groups is 2. The summed E-state index contributed by atoms with van der Waals surface area (Å²) < 4.78 is 34.4. The summed E-state index contributed by atoms with van der Waals surface area (Å²) in [6.07, 6.45) is 45.0. The second kappa shape index (κ2) is 40.9. The van der Waals surface area contributed by atoms with Gasteiger partial charge in [-0.05, 0) is 44.9 Å². The van der Waals surface area contributed by atoms with E-state index in [0.29, 0.717) is 23.9 Å². The molecule has 0 aromatic carbocycles. The van der Waals surface area contributed by atoms with Gasteiger partial charge in [-0.15, -0.1) is 0 Å². The number of esters is 2. The Kier molecular flexibility index (Phi) is 39.8. The van der Waals surface area contributed by atoms with E-state index in [1.165, 1.54) is 141 Å². The predicted molar refractivity (Wildman–Crippen MR) is 243 cm³/mol. The summed E-state index contributed by atoms with van der Waals surface area (Å²) in [7, 11) is 1.48. The van der Waals surface area contributed by atoms with Crippen molar-refractivity contribution in [1.82, 2.24) is 0 Å². The number of ether oxygens (including phenoxy) is 2. The number of carbonyl (C=O) groups excluding carboxylic acids is 2. The number of allylic oxidation sites excluding steroid dienone is 4. The molecule has 1 unspecified atom stereocenters. The van der Waals surface area contributed by atoms with Gasteiger partial charge in [0.2, 0.25) is 0 Å². The molecule has 0 aromatic heterocycles. The van der Waals surface area contributed by atoms with Crippen LogP contribution in [0.1, 0.15) is 219 Å². The lowest BCUT2D eigenvalue weighted by atomic mass is 10.0. The molecule has 10 heteroatoms. The highest BCUT2D eigenvalue weighted by molar-refractivity contribution is 7.47. The summed E-state index contributed by atoms with van der Waals surface area (Å²) in [6, 6.07) is 0. The highest BCUT2D eigenvalue weighted by Crippen LogP contribution is 2.43. The molecule has 0 saturated heterocycles. The SMILES string of the molecule is CCCCC/C=C\C/C=C\CCCCCCCCCCCC(=O)O[C@H](COC(=O)CCCCCCCCCCCCCCCCC)COP(=O)(O)OCC[N+](C)(C)C. The first-order valence-corrected chi connectivity index (χ1v) is 25.6. The lowest BCUT2D eigenvalue weighted by molar-refractivity contribution is -0.870. The van der Waals surface area contributed by atoms with Crippen LogP contribution in [0, 0.1) is 0 Å². The molecule has 0 radical (unpaired) electrons. The smallest absolute Gasteiger partial charge is 0.462 e. The first-order chi connectivity index (χ1) is 28.0. The van der Waals surface area contributed by atoms with Crippen molar-refractivity contribution in [3.63, 3.8) is 0 Å². The fourth-order valence-corrected chi connectivity index (χ4v) is 7.43. The first-order valence-electron chi connectivity index (χ1n) is 24.1. The van der Waals surface area contributed by atoms with E-state index in [1.807, 2.05) is 21.1 Å². The molecule has 0 aliphatic carbocycles. The molecule has 0 fully saturated rings. The minimum Gasteiger partial charge on any atom is -0.462 e. The zero-order chi connectivity index (χ0) is 42.8. The Morgan fingerprint density at radius 3 is 1.40 bits per heavy atom. The van der Waals surface area contributed by atoms with Gasteiger partial charge >= 0.3 is 19.8 Å². The summed E-state index contributed by atoms with van der Waals surface area (Å²) in [5.41, 5.74) is 0. The molecule has 0 heterocycles. The third-order valence-electron chi connectivity index (χ3n) is 10.5. The van der Waals surface area contributed by atoms with Crippen molar-refractivity contribution in [1.29, 1.82) is 0 Å². The molecule has 342 valence electrons. The molecule has 9 nitrogen and oxygen atoms in total. The minimum absolute atomic E-state index is 0.0329. The summed E-state index contributed by atoms with van der Waals surface area (Å²) in [4.78, 5) is 35.5. The Morgan fingerprint density at radius 2 is 0.931 bits per heavy atom. The lowest BCUT2D eigenvalue weighted by Gasteiger charge is -2.24. The van der Waals surface area contributed by atoms with Crippen LogP contribution >= 0.6 is 7.82 Å². The van der Waals surface area contributed by atoms with Gasteiger partial charge in [-0.2, -0.15) is 0 Å². The molecule has 0 spiro atoms. The monoisotopic (exact) mass is 843 g/mol. The Bertz CT molecular complexity index is 1040. The van der Waals surface area contributed by atoms with Crippen LogP contribution in [0.4, 0.5) is 0 Å². The van der Waals surface area contributed by atoms with E-state index in [2.05, 4.69) is 38.2 Å². The number of nitrogens with zero attached hydrogens (tertiary/aromatic N) is 1. The van der Waals surface area contributed by atoms with Crippen LogP contribution in [-0.4, -0.2) is 74.9 Å². The Hall–Kier alpha value is -1.51. The fraction of sp³-hybridized carbons (Fsp3) is 0.875. The number of hydrogen-bond acceptors (Lipinski definition) is 7. The number of hydrogen-bond donors (Lipinski definition) is 1. The highest BCUT2D eigenvalue weighted by atomic mass is 31.2. The van der Waals surface area contributed by atoms with Crippen molar-refractivity contribution in [3.05, 3.63) is 24.3 Å². The second-order valence-corrected chi connectivity index (χ2v) is 19.0. The molecular formula is C48H93NO8P+. The maximum absolute atomic E-state index is 12.7. The molecule has 0 amide bonds. The van der Waals surface area contributed by atoms with Gasteiger partial charge in [0, 0.05) is 12.8 Å². The van der Waals surface area contributed by atoms with Crippen molar-refractivity contribution in [2.45, 2.75) is 225 Å². The average Bonchev–Trinajstić information content (AvgIpc) is 3.17. The average molecular weight is 843 g/mol. The quantitative estimate of drug-likeness (QED) is 0.0212. The minimum atomic E-state index is -4.37. The van der Waals surface area contributed by atoms with Gasteiger partial charge in [0.05, 0.1) is 27.7 Å². The van der Waals surface area contributed by atoms with E-state index in [9.17, 15) is 19.0 Å². The lowest BCUT2D eigenvalue weighted by Crippen LogP contribution is -2.37. The first kappa shape index (κ1) is 56.5. The molecule has 0 aliphatic rings.